The van der Waals surface area contributed by atoms with Gasteiger partial charge in [-0.2, -0.15) is 0 Å². The van der Waals surface area contributed by atoms with Crippen LogP contribution in [0, 0.1) is 5.82 Å². The largest absolute Gasteiger partial charge is 0.352 e. The lowest BCUT2D eigenvalue weighted by Crippen LogP contribution is -2.26. The third kappa shape index (κ3) is 4.79. The van der Waals surface area contributed by atoms with Crippen LogP contribution in [0.5, 0.6) is 0 Å². The minimum absolute atomic E-state index is 0.245. The molecule has 0 unspecified atom stereocenters. The SMILES string of the molecule is CN(c1ccc(C(=O)NCCc2ccc(F)cc2)cc1)S(C)(=O)=O. The lowest BCUT2D eigenvalue weighted by Gasteiger charge is -2.16. The zero-order valence-electron chi connectivity index (χ0n) is 13.5. The minimum atomic E-state index is -3.33. The monoisotopic (exact) mass is 350 g/mol. The van der Waals surface area contributed by atoms with E-state index in [0.29, 0.717) is 24.2 Å². The van der Waals surface area contributed by atoms with Gasteiger partial charge in [0.15, 0.2) is 0 Å². The van der Waals surface area contributed by atoms with E-state index < -0.39 is 10.0 Å². The van der Waals surface area contributed by atoms with Crippen molar-refractivity contribution < 1.29 is 17.6 Å². The van der Waals surface area contributed by atoms with E-state index in [4.69, 9.17) is 0 Å². The summed E-state index contributed by atoms with van der Waals surface area (Å²) in [6.45, 7) is 0.426. The fourth-order valence-corrected chi connectivity index (χ4v) is 2.59. The summed E-state index contributed by atoms with van der Waals surface area (Å²) < 4.78 is 36.9. The molecule has 0 aliphatic rings. The molecule has 2 aromatic rings. The van der Waals surface area contributed by atoms with E-state index in [9.17, 15) is 17.6 Å². The lowest BCUT2D eigenvalue weighted by atomic mass is 10.1. The van der Waals surface area contributed by atoms with Crippen molar-refractivity contribution in [3.63, 3.8) is 0 Å². The second-order valence-corrected chi connectivity index (χ2v) is 7.42. The van der Waals surface area contributed by atoms with Crippen molar-refractivity contribution in [2.45, 2.75) is 6.42 Å². The van der Waals surface area contributed by atoms with Gasteiger partial charge >= 0.3 is 0 Å². The molecule has 0 saturated carbocycles. The van der Waals surface area contributed by atoms with E-state index in [0.717, 1.165) is 16.1 Å². The quantitative estimate of drug-likeness (QED) is 0.868. The van der Waals surface area contributed by atoms with Gasteiger partial charge in [-0.3, -0.25) is 9.10 Å². The molecular weight excluding hydrogens is 331 g/mol. The van der Waals surface area contributed by atoms with Crippen molar-refractivity contribution in [2.75, 3.05) is 24.2 Å². The molecule has 0 bridgehead atoms. The van der Waals surface area contributed by atoms with Gasteiger partial charge in [0.25, 0.3) is 5.91 Å². The Kier molecular flexibility index (Phi) is 5.56. The van der Waals surface area contributed by atoms with E-state index in [1.807, 2.05) is 0 Å². The average Bonchev–Trinajstić information content (AvgIpc) is 2.55. The second kappa shape index (κ2) is 7.44. The third-order valence-corrected chi connectivity index (χ3v) is 4.81. The smallest absolute Gasteiger partial charge is 0.251 e. The molecule has 0 aliphatic heterocycles. The topological polar surface area (TPSA) is 66.5 Å². The molecule has 0 spiro atoms. The first-order chi connectivity index (χ1) is 11.3. The molecule has 2 aromatic carbocycles. The molecule has 0 saturated heterocycles. The van der Waals surface area contributed by atoms with E-state index in [1.165, 1.54) is 19.2 Å². The maximum Gasteiger partial charge on any atom is 0.251 e. The van der Waals surface area contributed by atoms with Gasteiger partial charge < -0.3 is 5.32 Å². The number of halogens is 1. The van der Waals surface area contributed by atoms with Crippen molar-refractivity contribution >= 4 is 21.6 Å². The van der Waals surface area contributed by atoms with E-state index in [2.05, 4.69) is 5.32 Å². The number of hydrogen-bond acceptors (Lipinski definition) is 3. The van der Waals surface area contributed by atoms with Gasteiger partial charge in [-0.25, -0.2) is 12.8 Å². The number of benzene rings is 2. The summed E-state index contributed by atoms with van der Waals surface area (Å²) in [4.78, 5) is 12.1. The Labute approximate surface area is 141 Å². The minimum Gasteiger partial charge on any atom is -0.352 e. The Morgan fingerprint density at radius 2 is 1.67 bits per heavy atom. The molecule has 128 valence electrons. The molecule has 1 amide bonds. The van der Waals surface area contributed by atoms with Crippen LogP contribution < -0.4 is 9.62 Å². The maximum atomic E-state index is 12.8. The lowest BCUT2D eigenvalue weighted by molar-refractivity contribution is 0.0954. The Balaban J connectivity index is 1.92. The van der Waals surface area contributed by atoms with Gasteiger partial charge in [0, 0.05) is 19.2 Å². The van der Waals surface area contributed by atoms with Crippen LogP contribution in [0.25, 0.3) is 0 Å². The number of amides is 1. The van der Waals surface area contributed by atoms with Crippen LogP contribution in [0.4, 0.5) is 10.1 Å². The first kappa shape index (κ1) is 17.9. The highest BCUT2D eigenvalue weighted by Gasteiger charge is 2.12. The molecule has 0 radical (unpaired) electrons. The number of carbonyl (C=O) groups is 1. The van der Waals surface area contributed by atoms with Crippen LogP contribution in [0.1, 0.15) is 15.9 Å². The van der Waals surface area contributed by atoms with Gasteiger partial charge in [-0.1, -0.05) is 12.1 Å². The summed E-state index contributed by atoms with van der Waals surface area (Å²) >= 11 is 0. The van der Waals surface area contributed by atoms with E-state index >= 15 is 0 Å². The molecule has 0 aromatic heterocycles. The molecule has 24 heavy (non-hydrogen) atoms. The fraction of sp³-hybridized carbons (Fsp3) is 0.235. The molecule has 7 heteroatoms. The zero-order chi connectivity index (χ0) is 17.7. The standard InChI is InChI=1S/C17H19FN2O3S/c1-20(24(2,22)23)16-9-5-14(6-10-16)17(21)19-12-11-13-3-7-15(18)8-4-13/h3-10H,11-12H2,1-2H3,(H,19,21). The Hall–Kier alpha value is -2.41. The Morgan fingerprint density at radius 3 is 2.21 bits per heavy atom. The highest BCUT2D eigenvalue weighted by Crippen LogP contribution is 2.16. The van der Waals surface area contributed by atoms with Crippen molar-refractivity contribution in [2.24, 2.45) is 0 Å². The summed E-state index contributed by atoms with van der Waals surface area (Å²) in [6, 6.07) is 12.4. The predicted octanol–water partition coefficient (Wildman–Crippen LogP) is 2.19. The summed E-state index contributed by atoms with van der Waals surface area (Å²) in [5.41, 5.74) is 1.86. The Bertz CT molecular complexity index is 803. The molecule has 0 aliphatic carbocycles. The number of anilines is 1. The number of nitrogens with zero attached hydrogens (tertiary/aromatic N) is 1. The number of rotatable bonds is 6. The number of nitrogens with one attached hydrogen (secondary N) is 1. The van der Waals surface area contributed by atoms with Crippen LogP contribution >= 0.6 is 0 Å². The fourth-order valence-electron chi connectivity index (χ4n) is 2.09. The van der Waals surface area contributed by atoms with Crippen molar-refractivity contribution in [1.29, 1.82) is 0 Å². The van der Waals surface area contributed by atoms with Crippen LogP contribution in [-0.4, -0.2) is 34.2 Å². The predicted molar refractivity (Wildman–Crippen MR) is 92.1 cm³/mol. The Morgan fingerprint density at radius 1 is 1.08 bits per heavy atom. The van der Waals surface area contributed by atoms with Gasteiger partial charge in [-0.15, -0.1) is 0 Å². The van der Waals surface area contributed by atoms with Crippen molar-refractivity contribution in [1.82, 2.24) is 5.32 Å². The number of carbonyl (C=O) groups excluding carboxylic acids is 1. The van der Waals surface area contributed by atoms with Crippen LogP contribution in [0.15, 0.2) is 48.5 Å². The average molecular weight is 350 g/mol. The van der Waals surface area contributed by atoms with Crippen molar-refractivity contribution in [3.05, 3.63) is 65.5 Å². The molecule has 5 nitrogen and oxygen atoms in total. The summed E-state index contributed by atoms with van der Waals surface area (Å²) in [6.07, 6.45) is 1.71. The molecule has 0 fully saturated rings. The maximum absolute atomic E-state index is 12.8. The number of hydrogen-bond donors (Lipinski definition) is 1. The van der Waals surface area contributed by atoms with Crippen LogP contribution in [-0.2, 0) is 16.4 Å². The normalized spacial score (nSPS) is 11.1. The summed E-state index contributed by atoms with van der Waals surface area (Å²) in [5.74, 6) is -0.535. The molecule has 0 heterocycles. The molecular formula is C17H19FN2O3S. The number of sulfonamides is 1. The molecule has 2 rings (SSSR count). The molecule has 1 N–H and O–H groups in total. The molecule has 0 atom stereocenters. The van der Waals surface area contributed by atoms with Crippen molar-refractivity contribution in [3.8, 4) is 0 Å². The highest BCUT2D eigenvalue weighted by atomic mass is 32.2. The van der Waals surface area contributed by atoms with Gasteiger partial charge in [0.1, 0.15) is 5.82 Å². The van der Waals surface area contributed by atoms with E-state index in [-0.39, 0.29) is 11.7 Å². The van der Waals surface area contributed by atoms with Crippen LogP contribution in [0.2, 0.25) is 0 Å². The van der Waals surface area contributed by atoms with Gasteiger partial charge in [0.2, 0.25) is 10.0 Å². The van der Waals surface area contributed by atoms with Crippen LogP contribution in [0.3, 0.4) is 0 Å². The van der Waals surface area contributed by atoms with Gasteiger partial charge in [0.05, 0.1) is 11.9 Å². The first-order valence-corrected chi connectivity index (χ1v) is 9.19. The van der Waals surface area contributed by atoms with E-state index in [1.54, 1.807) is 36.4 Å². The highest BCUT2D eigenvalue weighted by molar-refractivity contribution is 7.92. The second-order valence-electron chi connectivity index (χ2n) is 5.41. The summed E-state index contributed by atoms with van der Waals surface area (Å²) in [5, 5.41) is 2.78. The first-order valence-electron chi connectivity index (χ1n) is 7.34. The third-order valence-electron chi connectivity index (χ3n) is 3.60. The summed E-state index contributed by atoms with van der Waals surface area (Å²) in [7, 11) is -1.88. The zero-order valence-corrected chi connectivity index (χ0v) is 14.3. The van der Waals surface area contributed by atoms with Gasteiger partial charge in [-0.05, 0) is 48.4 Å².